The molecular weight excluding hydrogens is 356 g/mol. The fourth-order valence-corrected chi connectivity index (χ4v) is 5.37. The molecule has 2 aromatic rings. The molecule has 0 radical (unpaired) electrons. The number of carbonyl (C=O) groups is 2. The number of nitrogens with one attached hydrogen (secondary N) is 2. The van der Waals surface area contributed by atoms with Gasteiger partial charge in [0.25, 0.3) is 5.91 Å². The Kier molecular flexibility index (Phi) is 3.79. The SMILES string of the molecule is C[C@@]12CC[C@@H](C[C@H]1C(=O)NCc1ccco1)[C@]1(C2)NC(=O)c2ccccc2O1. The second-order valence-electron chi connectivity index (χ2n) is 8.59. The van der Waals surface area contributed by atoms with Gasteiger partial charge in [-0.25, -0.2) is 0 Å². The molecule has 6 rings (SSSR count). The first-order valence-electron chi connectivity index (χ1n) is 9.90. The summed E-state index contributed by atoms with van der Waals surface area (Å²) in [6.45, 7) is 2.55. The van der Waals surface area contributed by atoms with Crippen molar-refractivity contribution in [2.24, 2.45) is 17.3 Å². The lowest BCUT2D eigenvalue weighted by atomic mass is 9.52. The number of benzene rings is 1. The first-order chi connectivity index (χ1) is 13.5. The molecule has 3 fully saturated rings. The summed E-state index contributed by atoms with van der Waals surface area (Å²) < 4.78 is 11.7. The second kappa shape index (κ2) is 6.12. The van der Waals surface area contributed by atoms with Crippen molar-refractivity contribution in [2.45, 2.75) is 44.9 Å². The Morgan fingerprint density at radius 2 is 2.14 bits per heavy atom. The van der Waals surface area contributed by atoms with E-state index in [1.807, 2.05) is 30.3 Å². The molecule has 3 saturated carbocycles. The Balaban J connectivity index is 1.37. The Morgan fingerprint density at radius 3 is 2.93 bits per heavy atom. The van der Waals surface area contributed by atoms with Gasteiger partial charge in [-0.2, -0.15) is 0 Å². The average Bonchev–Trinajstić information content (AvgIpc) is 3.19. The fraction of sp³-hybridized carbons (Fsp3) is 0.455. The highest BCUT2D eigenvalue weighted by molar-refractivity contribution is 5.98. The first kappa shape index (κ1) is 17.3. The van der Waals surface area contributed by atoms with E-state index in [-0.39, 0.29) is 29.1 Å². The van der Waals surface area contributed by atoms with Crippen molar-refractivity contribution in [1.29, 1.82) is 0 Å². The maximum absolute atomic E-state index is 12.9. The van der Waals surface area contributed by atoms with E-state index in [0.29, 0.717) is 30.7 Å². The van der Waals surface area contributed by atoms with Crippen LogP contribution in [0, 0.1) is 17.3 Å². The van der Waals surface area contributed by atoms with Crippen molar-refractivity contribution in [3.8, 4) is 5.75 Å². The highest BCUT2D eigenvalue weighted by Crippen LogP contribution is 2.58. The summed E-state index contributed by atoms with van der Waals surface area (Å²) in [6.07, 6.45) is 4.86. The fourth-order valence-electron chi connectivity index (χ4n) is 5.37. The van der Waals surface area contributed by atoms with Gasteiger partial charge in [-0.1, -0.05) is 19.1 Å². The minimum absolute atomic E-state index is 0.0565. The van der Waals surface area contributed by atoms with Crippen LogP contribution >= 0.6 is 0 Å². The summed E-state index contributed by atoms with van der Waals surface area (Å²) in [4.78, 5) is 25.6. The minimum atomic E-state index is -0.712. The number of rotatable bonds is 3. The van der Waals surface area contributed by atoms with Crippen molar-refractivity contribution in [2.75, 3.05) is 0 Å². The second-order valence-corrected chi connectivity index (χ2v) is 8.59. The molecule has 6 heteroatoms. The third-order valence-corrected chi connectivity index (χ3v) is 6.83. The zero-order chi connectivity index (χ0) is 19.4. The smallest absolute Gasteiger partial charge is 0.258 e. The highest BCUT2D eigenvalue weighted by atomic mass is 16.5. The van der Waals surface area contributed by atoms with Gasteiger partial charge >= 0.3 is 0 Å². The van der Waals surface area contributed by atoms with Gasteiger partial charge in [-0.15, -0.1) is 0 Å². The molecule has 2 heterocycles. The lowest BCUT2D eigenvalue weighted by molar-refractivity contribution is -0.167. The van der Waals surface area contributed by atoms with Crippen molar-refractivity contribution in [3.05, 3.63) is 54.0 Å². The Morgan fingerprint density at radius 1 is 1.29 bits per heavy atom. The van der Waals surface area contributed by atoms with E-state index in [0.717, 1.165) is 18.6 Å². The van der Waals surface area contributed by atoms with Crippen LogP contribution in [0.1, 0.15) is 48.7 Å². The molecule has 0 saturated heterocycles. The monoisotopic (exact) mass is 380 g/mol. The third-order valence-electron chi connectivity index (χ3n) is 6.83. The summed E-state index contributed by atoms with van der Waals surface area (Å²) >= 11 is 0. The standard InChI is InChI=1S/C22H24N2O4/c1-21-9-8-14(11-17(21)20(26)23-12-15-5-4-10-27-15)22(13-21)24-19(25)16-6-2-3-7-18(16)28-22/h2-7,10,14,17H,8-9,11-13H2,1H3,(H,23,26)(H,24,25)/t14-,17-,21-,22+/m0/s1. The molecule has 3 aliphatic carbocycles. The van der Waals surface area contributed by atoms with E-state index in [1.54, 1.807) is 12.3 Å². The summed E-state index contributed by atoms with van der Waals surface area (Å²) in [5, 5.41) is 6.17. The van der Waals surface area contributed by atoms with Crippen molar-refractivity contribution < 1.29 is 18.7 Å². The largest absolute Gasteiger partial charge is 0.467 e. The van der Waals surface area contributed by atoms with Crippen LogP contribution in [0.25, 0.3) is 0 Å². The number of hydrogen-bond acceptors (Lipinski definition) is 4. The van der Waals surface area contributed by atoms with E-state index in [1.165, 1.54) is 0 Å². The van der Waals surface area contributed by atoms with Crippen molar-refractivity contribution in [1.82, 2.24) is 10.6 Å². The zero-order valence-corrected chi connectivity index (χ0v) is 15.9. The molecule has 2 N–H and O–H groups in total. The molecule has 6 nitrogen and oxygen atoms in total. The predicted octanol–water partition coefficient (Wildman–Crippen LogP) is 3.24. The van der Waals surface area contributed by atoms with Crippen LogP contribution in [-0.2, 0) is 11.3 Å². The van der Waals surface area contributed by atoms with E-state index >= 15 is 0 Å². The predicted molar refractivity (Wildman–Crippen MR) is 101 cm³/mol. The highest BCUT2D eigenvalue weighted by Gasteiger charge is 2.61. The molecule has 4 aliphatic rings. The van der Waals surface area contributed by atoms with Gasteiger partial charge in [-0.3, -0.25) is 9.59 Å². The van der Waals surface area contributed by atoms with Gasteiger partial charge in [-0.05, 0) is 48.9 Å². The summed E-state index contributed by atoms with van der Waals surface area (Å²) in [6, 6.07) is 11.0. The molecule has 4 atom stereocenters. The summed E-state index contributed by atoms with van der Waals surface area (Å²) in [5.41, 5.74) is -0.356. The number of carbonyl (C=O) groups excluding carboxylic acids is 2. The van der Waals surface area contributed by atoms with Gasteiger partial charge in [0.1, 0.15) is 11.5 Å². The maximum Gasteiger partial charge on any atom is 0.258 e. The van der Waals surface area contributed by atoms with E-state index in [4.69, 9.17) is 9.15 Å². The van der Waals surface area contributed by atoms with E-state index < -0.39 is 5.72 Å². The van der Waals surface area contributed by atoms with E-state index in [9.17, 15) is 9.59 Å². The van der Waals surface area contributed by atoms with Gasteiger partial charge in [0, 0.05) is 18.3 Å². The molecule has 1 spiro atoms. The van der Waals surface area contributed by atoms with Crippen LogP contribution in [0.3, 0.4) is 0 Å². The molecular formula is C22H24N2O4. The lowest BCUT2D eigenvalue weighted by Gasteiger charge is -2.59. The number of para-hydroxylation sites is 1. The Hall–Kier alpha value is -2.76. The summed E-state index contributed by atoms with van der Waals surface area (Å²) in [5.74, 6) is 1.38. The molecule has 2 amide bonds. The Labute approximate surface area is 163 Å². The van der Waals surface area contributed by atoms with Gasteiger partial charge in [0.05, 0.1) is 18.4 Å². The van der Waals surface area contributed by atoms with Crippen molar-refractivity contribution in [3.63, 3.8) is 0 Å². The van der Waals surface area contributed by atoms with E-state index in [2.05, 4.69) is 17.6 Å². The van der Waals surface area contributed by atoms with Crippen LogP contribution < -0.4 is 15.4 Å². The van der Waals surface area contributed by atoms with Crippen LogP contribution in [0.15, 0.2) is 47.1 Å². The number of furan rings is 1. The molecule has 1 aromatic heterocycles. The van der Waals surface area contributed by atoms with Crippen molar-refractivity contribution >= 4 is 11.8 Å². The molecule has 1 aliphatic heterocycles. The normalized spacial score (nSPS) is 33.1. The van der Waals surface area contributed by atoms with Crippen LogP contribution in [0.4, 0.5) is 0 Å². The quantitative estimate of drug-likeness (QED) is 0.857. The zero-order valence-electron chi connectivity index (χ0n) is 15.9. The van der Waals surface area contributed by atoms with Crippen LogP contribution in [0.2, 0.25) is 0 Å². The number of hydrogen-bond donors (Lipinski definition) is 2. The lowest BCUT2D eigenvalue weighted by Crippen LogP contribution is -2.69. The molecule has 0 unspecified atom stereocenters. The van der Waals surface area contributed by atoms with Crippen LogP contribution in [-0.4, -0.2) is 17.5 Å². The Bertz CT molecular complexity index is 924. The minimum Gasteiger partial charge on any atom is -0.467 e. The maximum atomic E-state index is 12.9. The molecule has 146 valence electrons. The number of ether oxygens (including phenoxy) is 1. The number of amides is 2. The molecule has 2 bridgehead atoms. The molecule has 1 aromatic carbocycles. The van der Waals surface area contributed by atoms with Gasteiger partial charge < -0.3 is 19.8 Å². The number of fused-ring (bicyclic) bond motifs is 3. The summed E-state index contributed by atoms with van der Waals surface area (Å²) in [7, 11) is 0. The van der Waals surface area contributed by atoms with Gasteiger partial charge in [0.15, 0.2) is 5.72 Å². The third kappa shape index (κ3) is 2.62. The van der Waals surface area contributed by atoms with Gasteiger partial charge in [0.2, 0.25) is 5.91 Å². The average molecular weight is 380 g/mol. The molecule has 28 heavy (non-hydrogen) atoms. The van der Waals surface area contributed by atoms with Crippen LogP contribution in [0.5, 0.6) is 5.75 Å². The first-order valence-corrected chi connectivity index (χ1v) is 9.90. The topological polar surface area (TPSA) is 80.6 Å².